The molecule has 0 spiro atoms. The van der Waals surface area contributed by atoms with E-state index in [1.807, 2.05) is 6.92 Å². The SMILES string of the molecule is CCCCNC(=O)OCc1ccccc1[N+](=O)[O-]. The molecule has 0 fully saturated rings. The molecule has 0 radical (unpaired) electrons. The summed E-state index contributed by atoms with van der Waals surface area (Å²) in [6.45, 7) is 2.46. The van der Waals surface area contributed by atoms with Crippen LogP contribution in [0.5, 0.6) is 0 Å². The Balaban J connectivity index is 2.48. The van der Waals surface area contributed by atoms with Crippen LogP contribution >= 0.6 is 0 Å². The van der Waals surface area contributed by atoms with Crippen LogP contribution in [0.2, 0.25) is 0 Å². The van der Waals surface area contributed by atoms with Crippen LogP contribution in [0, 0.1) is 10.1 Å². The van der Waals surface area contributed by atoms with Crippen molar-refractivity contribution < 1.29 is 14.5 Å². The standard InChI is InChI=1S/C12H16N2O4/c1-2-3-8-13-12(15)18-9-10-6-4-5-7-11(10)14(16)17/h4-7H,2-3,8-9H2,1H3,(H,13,15). The second-order valence-corrected chi connectivity index (χ2v) is 3.74. The Morgan fingerprint density at radius 1 is 1.44 bits per heavy atom. The first-order chi connectivity index (χ1) is 8.65. The second-order valence-electron chi connectivity index (χ2n) is 3.74. The maximum Gasteiger partial charge on any atom is 0.407 e. The Kier molecular flexibility index (Phi) is 5.63. The number of nitrogens with one attached hydrogen (secondary N) is 1. The van der Waals surface area contributed by atoms with Gasteiger partial charge in [0.1, 0.15) is 6.61 Å². The molecule has 1 aromatic carbocycles. The molecule has 0 aliphatic carbocycles. The van der Waals surface area contributed by atoms with Gasteiger partial charge in [0, 0.05) is 12.6 Å². The third kappa shape index (κ3) is 4.40. The van der Waals surface area contributed by atoms with Crippen molar-refractivity contribution in [3.05, 3.63) is 39.9 Å². The number of nitro groups is 1. The topological polar surface area (TPSA) is 81.5 Å². The molecule has 6 heteroatoms. The highest BCUT2D eigenvalue weighted by Gasteiger charge is 2.13. The fraction of sp³-hybridized carbons (Fsp3) is 0.417. The van der Waals surface area contributed by atoms with Gasteiger partial charge in [0.2, 0.25) is 0 Å². The maximum atomic E-state index is 11.3. The highest BCUT2D eigenvalue weighted by atomic mass is 16.6. The molecule has 1 rings (SSSR count). The Morgan fingerprint density at radius 2 is 2.17 bits per heavy atom. The van der Waals surface area contributed by atoms with Gasteiger partial charge in [0.15, 0.2) is 0 Å². The van der Waals surface area contributed by atoms with Gasteiger partial charge in [0.05, 0.1) is 10.5 Å². The number of hydrogen-bond donors (Lipinski definition) is 1. The van der Waals surface area contributed by atoms with Gasteiger partial charge in [-0.05, 0) is 12.5 Å². The Hall–Kier alpha value is -2.11. The minimum absolute atomic E-state index is 0.0427. The molecule has 98 valence electrons. The number of benzene rings is 1. The van der Waals surface area contributed by atoms with E-state index < -0.39 is 11.0 Å². The highest BCUT2D eigenvalue weighted by molar-refractivity contribution is 5.67. The van der Waals surface area contributed by atoms with E-state index in [1.54, 1.807) is 18.2 Å². The normalized spacial score (nSPS) is 9.83. The molecule has 1 amide bonds. The predicted octanol–water partition coefficient (Wildman–Crippen LogP) is 2.62. The number of carbonyl (C=O) groups excluding carboxylic acids is 1. The minimum Gasteiger partial charge on any atom is -0.444 e. The number of para-hydroxylation sites is 1. The van der Waals surface area contributed by atoms with Crippen LogP contribution in [-0.2, 0) is 11.3 Å². The van der Waals surface area contributed by atoms with E-state index >= 15 is 0 Å². The zero-order valence-corrected chi connectivity index (χ0v) is 10.2. The third-order valence-corrected chi connectivity index (χ3v) is 2.35. The van der Waals surface area contributed by atoms with Crippen molar-refractivity contribution in [2.45, 2.75) is 26.4 Å². The average molecular weight is 252 g/mol. The van der Waals surface area contributed by atoms with Gasteiger partial charge < -0.3 is 10.1 Å². The molecule has 6 nitrogen and oxygen atoms in total. The summed E-state index contributed by atoms with van der Waals surface area (Å²) in [6, 6.07) is 6.19. The first-order valence-electron chi connectivity index (χ1n) is 5.78. The Bertz CT molecular complexity index is 420. The number of amides is 1. The number of nitro benzene ring substituents is 1. The number of rotatable bonds is 6. The van der Waals surface area contributed by atoms with Crippen LogP contribution in [0.15, 0.2) is 24.3 Å². The zero-order valence-electron chi connectivity index (χ0n) is 10.2. The van der Waals surface area contributed by atoms with Gasteiger partial charge in [-0.2, -0.15) is 0 Å². The molecule has 0 heterocycles. The Morgan fingerprint density at radius 3 is 2.83 bits per heavy atom. The predicted molar refractivity (Wildman–Crippen MR) is 66.2 cm³/mol. The van der Waals surface area contributed by atoms with E-state index in [0.717, 1.165) is 12.8 Å². The first-order valence-corrected chi connectivity index (χ1v) is 5.78. The van der Waals surface area contributed by atoms with Crippen LogP contribution in [0.25, 0.3) is 0 Å². The van der Waals surface area contributed by atoms with Gasteiger partial charge in [-0.1, -0.05) is 25.5 Å². The van der Waals surface area contributed by atoms with Crippen molar-refractivity contribution in [2.75, 3.05) is 6.54 Å². The van der Waals surface area contributed by atoms with Crippen LogP contribution < -0.4 is 5.32 Å². The van der Waals surface area contributed by atoms with E-state index in [2.05, 4.69) is 5.32 Å². The van der Waals surface area contributed by atoms with E-state index in [1.165, 1.54) is 6.07 Å². The number of hydrogen-bond acceptors (Lipinski definition) is 4. The maximum absolute atomic E-state index is 11.3. The largest absolute Gasteiger partial charge is 0.444 e. The molecule has 0 bridgehead atoms. The molecule has 0 aromatic heterocycles. The number of nitrogens with zero attached hydrogens (tertiary/aromatic N) is 1. The lowest BCUT2D eigenvalue weighted by atomic mass is 10.2. The molecule has 0 saturated carbocycles. The fourth-order valence-electron chi connectivity index (χ4n) is 1.37. The van der Waals surface area contributed by atoms with Gasteiger partial charge in [0.25, 0.3) is 5.69 Å². The molecule has 0 aliphatic rings. The van der Waals surface area contributed by atoms with E-state index in [-0.39, 0.29) is 12.3 Å². The summed E-state index contributed by atoms with van der Waals surface area (Å²) in [7, 11) is 0. The minimum atomic E-state index is -0.554. The van der Waals surface area contributed by atoms with Gasteiger partial charge in [-0.15, -0.1) is 0 Å². The lowest BCUT2D eigenvalue weighted by Crippen LogP contribution is -2.25. The molecule has 0 aliphatic heterocycles. The lowest BCUT2D eigenvalue weighted by Gasteiger charge is -2.06. The number of ether oxygens (including phenoxy) is 1. The van der Waals surface area contributed by atoms with Crippen LogP contribution in [0.1, 0.15) is 25.3 Å². The summed E-state index contributed by atoms with van der Waals surface area (Å²) in [5.41, 5.74) is 0.340. The molecule has 0 atom stereocenters. The summed E-state index contributed by atoms with van der Waals surface area (Å²) in [5.74, 6) is 0. The number of carbonyl (C=O) groups is 1. The molecule has 1 N–H and O–H groups in total. The van der Waals surface area contributed by atoms with Crippen LogP contribution in [0.4, 0.5) is 10.5 Å². The van der Waals surface area contributed by atoms with Crippen LogP contribution in [0.3, 0.4) is 0 Å². The van der Waals surface area contributed by atoms with Crippen molar-refractivity contribution in [2.24, 2.45) is 0 Å². The summed E-state index contributed by atoms with van der Waals surface area (Å²) >= 11 is 0. The highest BCUT2D eigenvalue weighted by Crippen LogP contribution is 2.18. The third-order valence-electron chi connectivity index (χ3n) is 2.35. The van der Waals surface area contributed by atoms with Gasteiger partial charge in [-0.3, -0.25) is 10.1 Å². The summed E-state index contributed by atoms with van der Waals surface area (Å²) in [6.07, 6.45) is 1.30. The van der Waals surface area contributed by atoms with E-state index in [9.17, 15) is 14.9 Å². The van der Waals surface area contributed by atoms with Crippen LogP contribution in [-0.4, -0.2) is 17.6 Å². The van der Waals surface area contributed by atoms with Crippen molar-refractivity contribution >= 4 is 11.8 Å². The summed E-state index contributed by atoms with van der Waals surface area (Å²) in [4.78, 5) is 21.5. The van der Waals surface area contributed by atoms with Gasteiger partial charge in [-0.25, -0.2) is 4.79 Å². The smallest absolute Gasteiger partial charge is 0.407 e. The van der Waals surface area contributed by atoms with Gasteiger partial charge >= 0.3 is 6.09 Å². The lowest BCUT2D eigenvalue weighted by molar-refractivity contribution is -0.385. The van der Waals surface area contributed by atoms with Crippen molar-refractivity contribution in [3.8, 4) is 0 Å². The average Bonchev–Trinajstić information content (AvgIpc) is 2.37. The first kappa shape index (κ1) is 14.0. The van der Waals surface area contributed by atoms with Crippen molar-refractivity contribution in [1.29, 1.82) is 0 Å². The number of unbranched alkanes of at least 4 members (excludes halogenated alkanes) is 1. The number of alkyl carbamates (subject to hydrolysis) is 1. The van der Waals surface area contributed by atoms with Crippen molar-refractivity contribution in [1.82, 2.24) is 5.32 Å². The van der Waals surface area contributed by atoms with E-state index in [4.69, 9.17) is 4.74 Å². The quantitative estimate of drug-likeness (QED) is 0.479. The molecular weight excluding hydrogens is 236 g/mol. The summed E-state index contributed by atoms with van der Waals surface area (Å²) < 4.78 is 4.91. The zero-order chi connectivity index (χ0) is 13.4. The molecular formula is C12H16N2O4. The summed E-state index contributed by atoms with van der Waals surface area (Å²) in [5, 5.41) is 13.3. The monoisotopic (exact) mass is 252 g/mol. The fourth-order valence-corrected chi connectivity index (χ4v) is 1.37. The molecule has 0 unspecified atom stereocenters. The second kappa shape index (κ2) is 7.26. The Labute approximate surface area is 105 Å². The molecule has 1 aromatic rings. The molecule has 0 saturated heterocycles. The van der Waals surface area contributed by atoms with E-state index in [0.29, 0.717) is 12.1 Å². The molecule has 18 heavy (non-hydrogen) atoms. The van der Waals surface area contributed by atoms with Crippen molar-refractivity contribution in [3.63, 3.8) is 0 Å².